The highest BCUT2D eigenvalue weighted by Gasteiger charge is 2.16. The van der Waals surface area contributed by atoms with Gasteiger partial charge in [0.2, 0.25) is 0 Å². The minimum Gasteiger partial charge on any atom is -0.490 e. The summed E-state index contributed by atoms with van der Waals surface area (Å²) in [4.78, 5) is 4.24. The fourth-order valence-corrected chi connectivity index (χ4v) is 1.97. The average molecular weight is 240 g/mol. The van der Waals surface area contributed by atoms with E-state index in [-0.39, 0.29) is 0 Å². The van der Waals surface area contributed by atoms with Crippen molar-refractivity contribution in [1.82, 2.24) is 10.3 Å². The van der Waals surface area contributed by atoms with E-state index in [9.17, 15) is 0 Å². The number of nitrogens with one attached hydrogen (secondary N) is 1. The van der Waals surface area contributed by atoms with Gasteiger partial charge in [-0.15, -0.1) is 0 Å². The normalized spacial score (nSPS) is 18.1. The summed E-state index contributed by atoms with van der Waals surface area (Å²) >= 11 is 0. The highest BCUT2D eigenvalue weighted by Crippen LogP contribution is 2.22. The van der Waals surface area contributed by atoms with Gasteiger partial charge in [-0.1, -0.05) is 30.3 Å². The lowest BCUT2D eigenvalue weighted by Crippen LogP contribution is -2.46. The van der Waals surface area contributed by atoms with E-state index in [4.69, 9.17) is 4.74 Å². The molecule has 0 unspecified atom stereocenters. The summed E-state index contributed by atoms with van der Waals surface area (Å²) in [6.07, 6.45) is 4.83. The van der Waals surface area contributed by atoms with Gasteiger partial charge in [-0.2, -0.15) is 0 Å². The van der Waals surface area contributed by atoms with Crippen molar-refractivity contribution < 1.29 is 4.74 Å². The van der Waals surface area contributed by atoms with Crippen LogP contribution in [0.2, 0.25) is 0 Å². The predicted octanol–water partition coefficient (Wildman–Crippen LogP) is 2.49. The second-order valence-electron chi connectivity index (χ2n) is 4.53. The molecule has 1 saturated heterocycles. The molecule has 0 amide bonds. The lowest BCUT2D eigenvalue weighted by atomic mass is 10.1. The van der Waals surface area contributed by atoms with Gasteiger partial charge < -0.3 is 10.1 Å². The Morgan fingerprint density at radius 1 is 1.17 bits per heavy atom. The first-order valence-electron chi connectivity index (χ1n) is 6.28. The van der Waals surface area contributed by atoms with Crippen LogP contribution in [0.25, 0.3) is 11.1 Å². The van der Waals surface area contributed by atoms with Crippen molar-refractivity contribution in [3.63, 3.8) is 0 Å². The van der Waals surface area contributed by atoms with Crippen molar-refractivity contribution in [3.05, 3.63) is 48.8 Å². The van der Waals surface area contributed by atoms with E-state index in [1.54, 1.807) is 6.20 Å². The van der Waals surface area contributed by atoms with Crippen LogP contribution in [0.3, 0.4) is 0 Å². The molecule has 1 atom stereocenters. The van der Waals surface area contributed by atoms with Crippen molar-refractivity contribution >= 4 is 0 Å². The fourth-order valence-electron chi connectivity index (χ4n) is 1.97. The molecular formula is C15H16N2O. The molecule has 1 aliphatic heterocycles. The van der Waals surface area contributed by atoms with Gasteiger partial charge in [-0.25, -0.2) is 0 Å². The Morgan fingerprint density at radius 3 is 2.72 bits per heavy atom. The molecule has 3 nitrogen and oxygen atoms in total. The molecule has 1 aromatic carbocycles. The predicted molar refractivity (Wildman–Crippen MR) is 71.6 cm³/mol. The molecule has 0 radical (unpaired) electrons. The standard InChI is InChI=1S/C15H16N2O/c1-2-4-12(5-3-1)13-8-15(10-16-9-13)18-11-14-6-7-17-14/h1-5,8-10,14,17H,6-7,11H2/t14-/m0/s1. The molecule has 1 aromatic heterocycles. The maximum atomic E-state index is 5.75. The number of rotatable bonds is 4. The maximum Gasteiger partial charge on any atom is 0.138 e. The molecule has 3 heteroatoms. The summed E-state index contributed by atoms with van der Waals surface area (Å²) in [6, 6.07) is 12.8. The van der Waals surface area contributed by atoms with Gasteiger partial charge in [-0.3, -0.25) is 4.98 Å². The van der Waals surface area contributed by atoms with Crippen molar-refractivity contribution in [3.8, 4) is 16.9 Å². The first kappa shape index (κ1) is 11.2. The van der Waals surface area contributed by atoms with Crippen molar-refractivity contribution in [2.24, 2.45) is 0 Å². The van der Waals surface area contributed by atoms with Crippen LogP contribution in [-0.2, 0) is 0 Å². The fraction of sp³-hybridized carbons (Fsp3) is 0.267. The van der Waals surface area contributed by atoms with E-state index >= 15 is 0 Å². The second-order valence-corrected chi connectivity index (χ2v) is 4.53. The summed E-state index contributed by atoms with van der Waals surface area (Å²) < 4.78 is 5.75. The van der Waals surface area contributed by atoms with Gasteiger partial charge in [0.15, 0.2) is 0 Å². The van der Waals surface area contributed by atoms with Crippen LogP contribution in [-0.4, -0.2) is 24.2 Å². The van der Waals surface area contributed by atoms with Crippen LogP contribution in [0.1, 0.15) is 6.42 Å². The third-order valence-electron chi connectivity index (χ3n) is 3.20. The molecule has 0 spiro atoms. The Hall–Kier alpha value is -1.87. The number of pyridine rings is 1. The van der Waals surface area contributed by atoms with Gasteiger partial charge in [-0.05, 0) is 24.6 Å². The van der Waals surface area contributed by atoms with E-state index in [0.717, 1.165) is 30.0 Å². The van der Waals surface area contributed by atoms with Crippen molar-refractivity contribution in [1.29, 1.82) is 0 Å². The van der Waals surface area contributed by atoms with Gasteiger partial charge in [0.25, 0.3) is 0 Å². The molecule has 2 aromatic rings. The molecule has 0 aliphatic carbocycles. The third-order valence-corrected chi connectivity index (χ3v) is 3.20. The van der Waals surface area contributed by atoms with Crippen molar-refractivity contribution in [2.45, 2.75) is 12.5 Å². The largest absolute Gasteiger partial charge is 0.490 e. The Morgan fingerprint density at radius 2 is 2.00 bits per heavy atom. The zero-order chi connectivity index (χ0) is 12.2. The highest BCUT2D eigenvalue weighted by molar-refractivity contribution is 5.63. The van der Waals surface area contributed by atoms with Gasteiger partial charge in [0, 0.05) is 17.8 Å². The van der Waals surface area contributed by atoms with E-state index in [0.29, 0.717) is 6.04 Å². The molecule has 1 fully saturated rings. The molecule has 0 saturated carbocycles. The average Bonchev–Trinajstić information content (AvgIpc) is 2.38. The van der Waals surface area contributed by atoms with Gasteiger partial charge in [0.1, 0.15) is 12.4 Å². The third kappa shape index (κ3) is 2.51. The Labute approximate surface area is 107 Å². The van der Waals surface area contributed by atoms with E-state index in [1.165, 1.54) is 6.42 Å². The molecule has 1 N–H and O–H groups in total. The topological polar surface area (TPSA) is 34.1 Å². The van der Waals surface area contributed by atoms with E-state index in [1.807, 2.05) is 30.5 Å². The number of hydrogen-bond acceptors (Lipinski definition) is 3. The molecule has 0 bridgehead atoms. The minimum atomic E-state index is 0.505. The molecule has 3 rings (SSSR count). The first-order valence-corrected chi connectivity index (χ1v) is 6.28. The van der Waals surface area contributed by atoms with Crippen LogP contribution in [0.4, 0.5) is 0 Å². The molecule has 1 aliphatic rings. The molecule has 18 heavy (non-hydrogen) atoms. The second kappa shape index (κ2) is 5.19. The summed E-state index contributed by atoms with van der Waals surface area (Å²) in [6.45, 7) is 1.83. The van der Waals surface area contributed by atoms with Crippen LogP contribution in [0.15, 0.2) is 48.8 Å². The van der Waals surface area contributed by atoms with Crippen molar-refractivity contribution in [2.75, 3.05) is 13.2 Å². The number of ether oxygens (including phenoxy) is 1. The summed E-state index contributed by atoms with van der Waals surface area (Å²) in [5.41, 5.74) is 2.26. The monoisotopic (exact) mass is 240 g/mol. The summed E-state index contributed by atoms with van der Waals surface area (Å²) in [5.74, 6) is 0.838. The molecule has 92 valence electrons. The first-order chi connectivity index (χ1) is 8.92. The number of aromatic nitrogens is 1. The SMILES string of the molecule is c1ccc(-c2cncc(OC[C@@H]3CCN3)c2)cc1. The van der Waals surface area contributed by atoms with Crippen LogP contribution in [0.5, 0.6) is 5.75 Å². The maximum absolute atomic E-state index is 5.75. The molecule has 2 heterocycles. The Kier molecular flexibility index (Phi) is 3.24. The summed E-state index contributed by atoms with van der Waals surface area (Å²) in [7, 11) is 0. The Bertz CT molecular complexity index is 509. The van der Waals surface area contributed by atoms with Gasteiger partial charge in [0.05, 0.1) is 6.20 Å². The Balaban J connectivity index is 1.72. The van der Waals surface area contributed by atoms with E-state index < -0.39 is 0 Å². The van der Waals surface area contributed by atoms with Crippen LogP contribution < -0.4 is 10.1 Å². The number of hydrogen-bond donors (Lipinski definition) is 1. The van der Waals surface area contributed by atoms with Crippen LogP contribution >= 0.6 is 0 Å². The quantitative estimate of drug-likeness (QED) is 0.891. The minimum absolute atomic E-state index is 0.505. The smallest absolute Gasteiger partial charge is 0.138 e. The number of benzene rings is 1. The van der Waals surface area contributed by atoms with Crippen LogP contribution in [0, 0.1) is 0 Å². The van der Waals surface area contributed by atoms with E-state index in [2.05, 4.69) is 22.4 Å². The molecular weight excluding hydrogens is 224 g/mol. The lowest BCUT2D eigenvalue weighted by Gasteiger charge is -2.27. The number of nitrogens with zero attached hydrogens (tertiary/aromatic N) is 1. The van der Waals surface area contributed by atoms with Gasteiger partial charge >= 0.3 is 0 Å². The zero-order valence-corrected chi connectivity index (χ0v) is 10.2. The summed E-state index contributed by atoms with van der Waals surface area (Å²) in [5, 5.41) is 3.32. The zero-order valence-electron chi connectivity index (χ0n) is 10.2. The highest BCUT2D eigenvalue weighted by atomic mass is 16.5. The lowest BCUT2D eigenvalue weighted by molar-refractivity contribution is 0.217.